The van der Waals surface area contributed by atoms with Crippen molar-refractivity contribution < 1.29 is 9.90 Å². The van der Waals surface area contributed by atoms with Crippen LogP contribution in [-0.4, -0.2) is 17.6 Å². The summed E-state index contributed by atoms with van der Waals surface area (Å²) in [5.41, 5.74) is 1.05. The zero-order valence-electron chi connectivity index (χ0n) is 7.87. The molecule has 72 valence electrons. The molecule has 0 spiro atoms. The summed E-state index contributed by atoms with van der Waals surface area (Å²) < 4.78 is 0. The van der Waals surface area contributed by atoms with E-state index in [2.05, 4.69) is 17.2 Å². The molecule has 3 heteroatoms. The number of aromatic carboxylic acids is 1. The molecule has 0 aromatic heterocycles. The van der Waals surface area contributed by atoms with Crippen molar-refractivity contribution in [3.05, 3.63) is 29.8 Å². The van der Waals surface area contributed by atoms with Gasteiger partial charge in [0.2, 0.25) is 0 Å². The van der Waals surface area contributed by atoms with Gasteiger partial charge in [-0.25, -0.2) is 4.79 Å². The van der Waals surface area contributed by atoms with E-state index < -0.39 is 5.97 Å². The fraction of sp³-hybridized carbons (Fsp3) is 0.182. The fourth-order valence-corrected chi connectivity index (χ4v) is 0.997. The number of nitrogens with one attached hydrogen (secondary N) is 1. The van der Waals surface area contributed by atoms with Crippen LogP contribution in [0.1, 0.15) is 17.3 Å². The molecule has 0 amide bonds. The lowest BCUT2D eigenvalue weighted by atomic mass is 10.2. The van der Waals surface area contributed by atoms with Gasteiger partial charge in [0.15, 0.2) is 0 Å². The summed E-state index contributed by atoms with van der Waals surface area (Å²) in [6.07, 6.45) is 0. The van der Waals surface area contributed by atoms with Crippen LogP contribution in [0, 0.1) is 11.8 Å². The van der Waals surface area contributed by atoms with Gasteiger partial charge in [0.05, 0.1) is 12.1 Å². The van der Waals surface area contributed by atoms with Crippen LogP contribution in [-0.2, 0) is 0 Å². The Labute approximate surface area is 82.8 Å². The summed E-state index contributed by atoms with van der Waals surface area (Å²) in [6, 6.07) is 6.65. The largest absolute Gasteiger partial charge is 0.478 e. The Bertz CT molecular complexity index is 388. The van der Waals surface area contributed by atoms with Gasteiger partial charge in [-0.2, -0.15) is 0 Å². The van der Waals surface area contributed by atoms with Crippen LogP contribution in [0.4, 0.5) is 5.69 Å². The lowest BCUT2D eigenvalue weighted by molar-refractivity contribution is 0.0697. The van der Waals surface area contributed by atoms with Crippen molar-refractivity contribution in [1.82, 2.24) is 0 Å². The smallest absolute Gasteiger partial charge is 0.335 e. The van der Waals surface area contributed by atoms with Gasteiger partial charge in [-0.05, 0) is 25.1 Å². The molecular formula is C11H11NO2. The Kier molecular flexibility index (Phi) is 3.57. The summed E-state index contributed by atoms with van der Waals surface area (Å²) in [5.74, 6) is 4.66. The lowest BCUT2D eigenvalue weighted by Gasteiger charge is -2.02. The first-order valence-electron chi connectivity index (χ1n) is 4.21. The third kappa shape index (κ3) is 2.83. The summed E-state index contributed by atoms with van der Waals surface area (Å²) >= 11 is 0. The van der Waals surface area contributed by atoms with Crippen LogP contribution < -0.4 is 5.32 Å². The maximum Gasteiger partial charge on any atom is 0.335 e. The van der Waals surface area contributed by atoms with E-state index in [9.17, 15) is 4.79 Å². The second-order valence-corrected chi connectivity index (χ2v) is 2.67. The number of rotatable bonds is 3. The lowest BCUT2D eigenvalue weighted by Crippen LogP contribution is -2.01. The number of hydrogen-bond donors (Lipinski definition) is 2. The number of benzene rings is 1. The Morgan fingerprint density at radius 2 is 2.36 bits per heavy atom. The molecule has 0 aliphatic rings. The van der Waals surface area contributed by atoms with Gasteiger partial charge < -0.3 is 10.4 Å². The highest BCUT2D eigenvalue weighted by Gasteiger charge is 2.01. The fourth-order valence-electron chi connectivity index (χ4n) is 0.997. The SMILES string of the molecule is CC#CCNc1cccc(C(=O)O)c1. The predicted molar refractivity (Wildman–Crippen MR) is 55.3 cm³/mol. The molecule has 1 aromatic rings. The molecule has 1 aromatic carbocycles. The molecule has 0 bridgehead atoms. The van der Waals surface area contributed by atoms with E-state index in [-0.39, 0.29) is 5.56 Å². The quantitative estimate of drug-likeness (QED) is 0.713. The minimum atomic E-state index is -0.921. The van der Waals surface area contributed by atoms with Gasteiger partial charge in [-0.3, -0.25) is 0 Å². The number of hydrogen-bond acceptors (Lipinski definition) is 2. The summed E-state index contributed by atoms with van der Waals surface area (Å²) in [4.78, 5) is 10.6. The number of carbonyl (C=O) groups is 1. The van der Waals surface area contributed by atoms with Crippen LogP contribution in [0.25, 0.3) is 0 Å². The molecule has 0 atom stereocenters. The van der Waals surface area contributed by atoms with Gasteiger partial charge in [-0.1, -0.05) is 12.0 Å². The normalized spacial score (nSPS) is 8.64. The maximum absolute atomic E-state index is 10.6. The number of carboxylic acid groups (broad SMARTS) is 1. The first kappa shape index (κ1) is 10.1. The molecule has 14 heavy (non-hydrogen) atoms. The third-order valence-corrected chi connectivity index (χ3v) is 1.67. The average Bonchev–Trinajstić information content (AvgIpc) is 2.19. The van der Waals surface area contributed by atoms with E-state index in [1.54, 1.807) is 25.1 Å². The third-order valence-electron chi connectivity index (χ3n) is 1.67. The highest BCUT2D eigenvalue weighted by atomic mass is 16.4. The van der Waals surface area contributed by atoms with E-state index in [0.717, 1.165) is 5.69 Å². The topological polar surface area (TPSA) is 49.3 Å². The highest BCUT2D eigenvalue weighted by molar-refractivity contribution is 5.88. The van der Waals surface area contributed by atoms with Crippen LogP contribution in [0.15, 0.2) is 24.3 Å². The summed E-state index contributed by atoms with van der Waals surface area (Å²) in [5, 5.41) is 11.7. The zero-order valence-corrected chi connectivity index (χ0v) is 7.87. The molecule has 2 N–H and O–H groups in total. The number of carboxylic acids is 1. The highest BCUT2D eigenvalue weighted by Crippen LogP contribution is 2.09. The molecule has 3 nitrogen and oxygen atoms in total. The van der Waals surface area contributed by atoms with Crippen molar-refractivity contribution in [3.8, 4) is 11.8 Å². The van der Waals surface area contributed by atoms with Gasteiger partial charge in [0.25, 0.3) is 0 Å². The number of anilines is 1. The first-order chi connectivity index (χ1) is 6.74. The van der Waals surface area contributed by atoms with E-state index in [4.69, 9.17) is 5.11 Å². The minimum Gasteiger partial charge on any atom is -0.478 e. The van der Waals surface area contributed by atoms with Crippen LogP contribution in [0.3, 0.4) is 0 Å². The van der Waals surface area contributed by atoms with Gasteiger partial charge in [0, 0.05) is 5.69 Å². The van der Waals surface area contributed by atoms with Crippen molar-refractivity contribution in [3.63, 3.8) is 0 Å². The Morgan fingerprint density at radius 1 is 1.57 bits per heavy atom. The van der Waals surface area contributed by atoms with Crippen molar-refractivity contribution in [1.29, 1.82) is 0 Å². The molecule has 0 radical (unpaired) electrons. The molecular weight excluding hydrogens is 178 g/mol. The minimum absolute atomic E-state index is 0.277. The molecule has 0 aliphatic carbocycles. The second-order valence-electron chi connectivity index (χ2n) is 2.67. The van der Waals surface area contributed by atoms with Gasteiger partial charge in [-0.15, -0.1) is 5.92 Å². The molecule has 0 saturated heterocycles. The van der Waals surface area contributed by atoms with Crippen molar-refractivity contribution >= 4 is 11.7 Å². The van der Waals surface area contributed by atoms with Crippen molar-refractivity contribution in [2.75, 3.05) is 11.9 Å². The van der Waals surface area contributed by atoms with Crippen molar-refractivity contribution in [2.45, 2.75) is 6.92 Å². The second kappa shape index (κ2) is 4.93. The van der Waals surface area contributed by atoms with E-state index in [0.29, 0.717) is 6.54 Å². The Morgan fingerprint density at radius 3 is 3.00 bits per heavy atom. The van der Waals surface area contributed by atoms with Crippen molar-refractivity contribution in [2.24, 2.45) is 0 Å². The van der Waals surface area contributed by atoms with Gasteiger partial charge >= 0.3 is 5.97 Å². The summed E-state index contributed by atoms with van der Waals surface area (Å²) in [7, 11) is 0. The molecule has 0 aliphatic heterocycles. The Hall–Kier alpha value is -1.95. The zero-order chi connectivity index (χ0) is 10.4. The van der Waals surface area contributed by atoms with Crippen LogP contribution in [0.2, 0.25) is 0 Å². The van der Waals surface area contributed by atoms with Gasteiger partial charge in [0.1, 0.15) is 0 Å². The standard InChI is InChI=1S/C11H11NO2/c1-2-3-7-12-10-6-4-5-9(8-10)11(13)14/h4-6,8,12H,7H2,1H3,(H,13,14). The molecule has 0 unspecified atom stereocenters. The average molecular weight is 189 g/mol. The molecule has 1 rings (SSSR count). The maximum atomic E-state index is 10.6. The van der Waals surface area contributed by atoms with E-state index >= 15 is 0 Å². The monoisotopic (exact) mass is 189 g/mol. The molecule has 0 saturated carbocycles. The van der Waals surface area contributed by atoms with E-state index in [1.807, 2.05) is 6.07 Å². The van der Waals surface area contributed by atoms with Crippen LogP contribution in [0.5, 0.6) is 0 Å². The molecule has 0 fully saturated rings. The first-order valence-corrected chi connectivity index (χ1v) is 4.21. The Balaban J connectivity index is 2.71. The molecule has 0 heterocycles. The van der Waals surface area contributed by atoms with E-state index in [1.165, 1.54) is 0 Å². The summed E-state index contributed by atoms with van der Waals surface area (Å²) in [6.45, 7) is 2.29. The predicted octanol–water partition coefficient (Wildman–Crippen LogP) is 1.82. The van der Waals surface area contributed by atoms with Crippen LogP contribution >= 0.6 is 0 Å².